The molecular weight excluding hydrogens is 318 g/mol. The Bertz CT molecular complexity index is 459. The van der Waals surface area contributed by atoms with E-state index in [0.29, 0.717) is 31.2 Å². The molecule has 0 heterocycles. The molecule has 0 radical (unpaired) electrons. The molecule has 0 aliphatic rings. The number of benzene rings is 1. The van der Waals surface area contributed by atoms with Crippen LogP contribution >= 0.6 is 15.9 Å². The van der Waals surface area contributed by atoms with E-state index >= 15 is 0 Å². The summed E-state index contributed by atoms with van der Waals surface area (Å²) in [5.41, 5.74) is 0. The number of likely N-dealkylation sites (N-methyl/N-ethyl adjacent to an activating group) is 1. The van der Waals surface area contributed by atoms with Crippen molar-refractivity contribution in [2.24, 2.45) is 0 Å². The summed E-state index contributed by atoms with van der Waals surface area (Å²) >= 11 is 3.29. The smallest absolute Gasteiger partial charge is 0.243 e. The summed E-state index contributed by atoms with van der Waals surface area (Å²) in [7, 11) is -3.42. The molecule has 1 aromatic carbocycles. The van der Waals surface area contributed by atoms with E-state index in [9.17, 15) is 8.42 Å². The third kappa shape index (κ3) is 4.05. The molecule has 1 rings (SSSR count). The van der Waals surface area contributed by atoms with Crippen LogP contribution in [-0.4, -0.2) is 39.0 Å². The normalized spacial score (nSPS) is 12.0. The predicted molar refractivity (Wildman–Crippen MR) is 75.1 cm³/mol. The first kappa shape index (κ1) is 15.6. The van der Waals surface area contributed by atoms with Crippen molar-refractivity contribution in [1.29, 1.82) is 0 Å². The fourth-order valence-corrected chi connectivity index (χ4v) is 3.21. The van der Waals surface area contributed by atoms with Gasteiger partial charge in [0.15, 0.2) is 0 Å². The van der Waals surface area contributed by atoms with Crippen LogP contribution in [0, 0.1) is 0 Å². The number of nitrogens with zero attached hydrogens (tertiary/aromatic N) is 1. The van der Waals surface area contributed by atoms with E-state index in [1.54, 1.807) is 24.3 Å². The Morgan fingerprint density at radius 2 is 1.83 bits per heavy atom. The SMILES string of the molecule is CCOCCN(CC)S(=O)(=O)c1ccc(Br)cc1. The molecule has 0 atom stereocenters. The lowest BCUT2D eigenvalue weighted by atomic mass is 10.4. The van der Waals surface area contributed by atoms with Gasteiger partial charge in [0, 0.05) is 24.2 Å². The summed E-state index contributed by atoms with van der Waals surface area (Å²) in [6, 6.07) is 6.65. The molecule has 6 heteroatoms. The van der Waals surface area contributed by atoms with Crippen LogP contribution in [0.1, 0.15) is 13.8 Å². The Balaban J connectivity index is 2.85. The van der Waals surface area contributed by atoms with Crippen LogP contribution in [0.2, 0.25) is 0 Å². The van der Waals surface area contributed by atoms with E-state index in [4.69, 9.17) is 4.74 Å². The Labute approximate surface area is 117 Å². The molecule has 0 N–H and O–H groups in total. The molecule has 0 aliphatic heterocycles. The van der Waals surface area contributed by atoms with Gasteiger partial charge in [0.2, 0.25) is 10.0 Å². The largest absolute Gasteiger partial charge is 0.380 e. The van der Waals surface area contributed by atoms with Crippen molar-refractivity contribution in [3.05, 3.63) is 28.7 Å². The molecule has 0 unspecified atom stereocenters. The van der Waals surface area contributed by atoms with Crippen molar-refractivity contribution in [3.8, 4) is 0 Å². The fourth-order valence-electron chi connectivity index (χ4n) is 1.51. The molecule has 102 valence electrons. The van der Waals surface area contributed by atoms with E-state index in [1.807, 2.05) is 13.8 Å². The molecule has 0 spiro atoms. The van der Waals surface area contributed by atoms with Crippen LogP contribution < -0.4 is 0 Å². The summed E-state index contributed by atoms with van der Waals surface area (Å²) in [6.07, 6.45) is 0. The molecular formula is C12H18BrNO3S. The topological polar surface area (TPSA) is 46.6 Å². The second kappa shape index (κ2) is 7.23. The highest BCUT2D eigenvalue weighted by atomic mass is 79.9. The van der Waals surface area contributed by atoms with Crippen molar-refractivity contribution in [3.63, 3.8) is 0 Å². The molecule has 0 saturated carbocycles. The lowest BCUT2D eigenvalue weighted by molar-refractivity contribution is 0.135. The van der Waals surface area contributed by atoms with Gasteiger partial charge >= 0.3 is 0 Å². The van der Waals surface area contributed by atoms with E-state index in [-0.39, 0.29) is 0 Å². The highest BCUT2D eigenvalue weighted by Gasteiger charge is 2.22. The number of sulfonamides is 1. The third-order valence-corrected chi connectivity index (χ3v) is 5.01. The Morgan fingerprint density at radius 3 is 2.33 bits per heavy atom. The Kier molecular flexibility index (Phi) is 6.28. The van der Waals surface area contributed by atoms with Gasteiger partial charge in [-0.3, -0.25) is 0 Å². The zero-order valence-electron chi connectivity index (χ0n) is 10.6. The standard InChI is InChI=1S/C12H18BrNO3S/c1-3-14(9-10-17-4-2)18(15,16)12-7-5-11(13)6-8-12/h5-8H,3-4,9-10H2,1-2H3. The lowest BCUT2D eigenvalue weighted by Gasteiger charge is -2.20. The molecule has 0 saturated heterocycles. The molecule has 18 heavy (non-hydrogen) atoms. The minimum atomic E-state index is -3.42. The molecule has 0 fully saturated rings. The highest BCUT2D eigenvalue weighted by Crippen LogP contribution is 2.18. The van der Waals surface area contributed by atoms with Gasteiger partial charge in [0.05, 0.1) is 11.5 Å². The minimum Gasteiger partial charge on any atom is -0.380 e. The monoisotopic (exact) mass is 335 g/mol. The molecule has 0 amide bonds. The highest BCUT2D eigenvalue weighted by molar-refractivity contribution is 9.10. The minimum absolute atomic E-state index is 0.309. The summed E-state index contributed by atoms with van der Waals surface area (Å²) in [5.74, 6) is 0. The second-order valence-electron chi connectivity index (χ2n) is 3.65. The number of ether oxygens (including phenoxy) is 1. The zero-order chi connectivity index (χ0) is 13.6. The molecule has 0 bridgehead atoms. The summed E-state index contributed by atoms with van der Waals surface area (Å²) < 4.78 is 32.1. The quantitative estimate of drug-likeness (QED) is 0.719. The number of halogens is 1. The number of hydrogen-bond acceptors (Lipinski definition) is 3. The van der Waals surface area contributed by atoms with Gasteiger partial charge in [-0.25, -0.2) is 8.42 Å². The Morgan fingerprint density at radius 1 is 1.22 bits per heavy atom. The number of hydrogen-bond donors (Lipinski definition) is 0. The first-order chi connectivity index (χ1) is 8.52. The average molecular weight is 336 g/mol. The fraction of sp³-hybridized carbons (Fsp3) is 0.500. The van der Waals surface area contributed by atoms with E-state index in [1.165, 1.54) is 4.31 Å². The summed E-state index contributed by atoms with van der Waals surface area (Å²) in [6.45, 7) is 5.53. The van der Waals surface area contributed by atoms with Crippen LogP contribution in [0.25, 0.3) is 0 Å². The van der Waals surface area contributed by atoms with E-state index in [2.05, 4.69) is 15.9 Å². The van der Waals surface area contributed by atoms with Crippen LogP contribution in [0.4, 0.5) is 0 Å². The second-order valence-corrected chi connectivity index (χ2v) is 6.50. The van der Waals surface area contributed by atoms with Crippen molar-refractivity contribution in [2.45, 2.75) is 18.7 Å². The van der Waals surface area contributed by atoms with E-state index < -0.39 is 10.0 Å². The van der Waals surface area contributed by atoms with E-state index in [0.717, 1.165) is 4.47 Å². The molecule has 0 aromatic heterocycles. The van der Waals surface area contributed by atoms with Gasteiger partial charge in [0.25, 0.3) is 0 Å². The van der Waals surface area contributed by atoms with Crippen molar-refractivity contribution >= 4 is 26.0 Å². The zero-order valence-corrected chi connectivity index (χ0v) is 13.0. The molecule has 4 nitrogen and oxygen atoms in total. The van der Waals surface area contributed by atoms with Crippen LogP contribution in [0.3, 0.4) is 0 Å². The number of rotatable bonds is 7. The maximum Gasteiger partial charge on any atom is 0.243 e. The van der Waals surface area contributed by atoms with Gasteiger partial charge in [-0.2, -0.15) is 4.31 Å². The average Bonchev–Trinajstić information content (AvgIpc) is 2.35. The Hall–Kier alpha value is -0.430. The van der Waals surface area contributed by atoms with Crippen LogP contribution in [0.5, 0.6) is 0 Å². The summed E-state index contributed by atoms with van der Waals surface area (Å²) in [5, 5.41) is 0. The molecule has 1 aromatic rings. The van der Waals surface area contributed by atoms with Crippen LogP contribution in [0.15, 0.2) is 33.6 Å². The maximum absolute atomic E-state index is 12.3. The molecule has 0 aliphatic carbocycles. The van der Waals surface area contributed by atoms with Gasteiger partial charge < -0.3 is 4.74 Å². The first-order valence-corrected chi connectivity index (χ1v) is 8.09. The van der Waals surface area contributed by atoms with Gasteiger partial charge in [-0.15, -0.1) is 0 Å². The lowest BCUT2D eigenvalue weighted by Crippen LogP contribution is -2.33. The maximum atomic E-state index is 12.3. The summed E-state index contributed by atoms with van der Waals surface area (Å²) in [4.78, 5) is 0.309. The van der Waals surface area contributed by atoms with Crippen LogP contribution in [-0.2, 0) is 14.8 Å². The first-order valence-electron chi connectivity index (χ1n) is 5.85. The third-order valence-electron chi connectivity index (χ3n) is 2.49. The van der Waals surface area contributed by atoms with Gasteiger partial charge in [-0.1, -0.05) is 22.9 Å². The van der Waals surface area contributed by atoms with Gasteiger partial charge in [-0.05, 0) is 31.2 Å². The van der Waals surface area contributed by atoms with Gasteiger partial charge in [0.1, 0.15) is 0 Å². The predicted octanol–water partition coefficient (Wildman–Crippen LogP) is 2.50. The van der Waals surface area contributed by atoms with Crippen molar-refractivity contribution in [2.75, 3.05) is 26.3 Å². The van der Waals surface area contributed by atoms with Crippen molar-refractivity contribution in [1.82, 2.24) is 4.31 Å². The van der Waals surface area contributed by atoms with Crippen molar-refractivity contribution < 1.29 is 13.2 Å².